The molecular formula is C16H14ClFN2O2. The van der Waals surface area contributed by atoms with Crippen molar-refractivity contribution in [3.63, 3.8) is 0 Å². The molecule has 0 spiro atoms. The molecule has 114 valence electrons. The van der Waals surface area contributed by atoms with Crippen molar-refractivity contribution in [1.29, 1.82) is 0 Å². The van der Waals surface area contributed by atoms with Crippen molar-refractivity contribution in [2.75, 3.05) is 6.54 Å². The molecule has 0 aliphatic heterocycles. The number of halogens is 2. The second kappa shape index (κ2) is 7.56. The Balaban J connectivity index is 1.76. The lowest BCUT2D eigenvalue weighted by Gasteiger charge is -2.07. The maximum absolute atomic E-state index is 12.7. The first kappa shape index (κ1) is 16.0. The van der Waals surface area contributed by atoms with E-state index in [1.54, 1.807) is 36.4 Å². The first-order valence-electron chi connectivity index (χ1n) is 6.59. The van der Waals surface area contributed by atoms with Gasteiger partial charge in [0.1, 0.15) is 5.82 Å². The minimum Gasteiger partial charge on any atom is -0.350 e. The smallest absolute Gasteiger partial charge is 0.251 e. The highest BCUT2D eigenvalue weighted by atomic mass is 35.5. The van der Waals surface area contributed by atoms with Gasteiger partial charge < -0.3 is 10.6 Å². The monoisotopic (exact) mass is 320 g/mol. The van der Waals surface area contributed by atoms with Gasteiger partial charge in [-0.25, -0.2) is 4.39 Å². The van der Waals surface area contributed by atoms with Gasteiger partial charge in [0.15, 0.2) is 0 Å². The number of hydrogen-bond acceptors (Lipinski definition) is 2. The molecule has 6 heteroatoms. The molecule has 0 unspecified atom stereocenters. The van der Waals surface area contributed by atoms with E-state index in [0.29, 0.717) is 10.6 Å². The van der Waals surface area contributed by atoms with E-state index in [0.717, 1.165) is 5.56 Å². The minimum absolute atomic E-state index is 0.136. The van der Waals surface area contributed by atoms with Gasteiger partial charge in [-0.15, -0.1) is 0 Å². The van der Waals surface area contributed by atoms with E-state index >= 15 is 0 Å². The molecule has 0 atom stereocenters. The highest BCUT2D eigenvalue weighted by Gasteiger charge is 2.07. The van der Waals surface area contributed by atoms with Crippen molar-refractivity contribution in [1.82, 2.24) is 10.6 Å². The number of carbonyl (C=O) groups is 2. The van der Waals surface area contributed by atoms with Crippen LogP contribution < -0.4 is 10.6 Å². The molecule has 2 amide bonds. The van der Waals surface area contributed by atoms with Crippen LogP contribution in [0.15, 0.2) is 48.5 Å². The fraction of sp³-hybridized carbons (Fsp3) is 0.125. The van der Waals surface area contributed by atoms with Gasteiger partial charge in [-0.3, -0.25) is 9.59 Å². The Labute approximate surface area is 132 Å². The summed E-state index contributed by atoms with van der Waals surface area (Å²) < 4.78 is 12.7. The fourth-order valence-electron chi connectivity index (χ4n) is 1.73. The summed E-state index contributed by atoms with van der Waals surface area (Å²) in [5, 5.41) is 5.68. The number of hydrogen-bond donors (Lipinski definition) is 2. The third kappa shape index (κ3) is 4.86. The average Bonchev–Trinajstić information content (AvgIpc) is 2.52. The Morgan fingerprint density at radius 2 is 1.59 bits per heavy atom. The molecule has 0 aliphatic carbocycles. The summed E-state index contributed by atoms with van der Waals surface area (Å²) in [6, 6.07) is 12.2. The van der Waals surface area contributed by atoms with Crippen LogP contribution in [0.5, 0.6) is 0 Å². The van der Waals surface area contributed by atoms with Crippen LogP contribution in [0, 0.1) is 5.82 Å². The standard InChI is InChI=1S/C16H14ClFN2O2/c17-13-5-3-12(4-6-13)16(22)20-10-15(21)19-9-11-1-7-14(18)8-2-11/h1-8H,9-10H2,(H,19,21)(H,20,22). The molecule has 2 N–H and O–H groups in total. The summed E-state index contributed by atoms with van der Waals surface area (Å²) in [5.41, 5.74) is 1.20. The van der Waals surface area contributed by atoms with E-state index in [2.05, 4.69) is 10.6 Å². The lowest BCUT2D eigenvalue weighted by atomic mass is 10.2. The maximum Gasteiger partial charge on any atom is 0.251 e. The van der Waals surface area contributed by atoms with Crippen LogP contribution in [-0.2, 0) is 11.3 Å². The van der Waals surface area contributed by atoms with Gasteiger partial charge in [-0.05, 0) is 42.0 Å². The normalized spacial score (nSPS) is 10.1. The summed E-state index contributed by atoms with van der Waals surface area (Å²) in [4.78, 5) is 23.4. The van der Waals surface area contributed by atoms with Crippen molar-refractivity contribution in [2.24, 2.45) is 0 Å². The molecule has 0 saturated carbocycles. The van der Waals surface area contributed by atoms with E-state index in [1.165, 1.54) is 12.1 Å². The lowest BCUT2D eigenvalue weighted by Crippen LogP contribution is -2.36. The summed E-state index contributed by atoms with van der Waals surface area (Å²) in [6.07, 6.45) is 0. The van der Waals surface area contributed by atoms with Crippen LogP contribution in [-0.4, -0.2) is 18.4 Å². The van der Waals surface area contributed by atoms with Crippen molar-refractivity contribution in [3.8, 4) is 0 Å². The van der Waals surface area contributed by atoms with Gasteiger partial charge in [-0.1, -0.05) is 23.7 Å². The van der Waals surface area contributed by atoms with E-state index in [9.17, 15) is 14.0 Å². The maximum atomic E-state index is 12.7. The first-order valence-corrected chi connectivity index (χ1v) is 6.97. The first-order chi connectivity index (χ1) is 10.5. The zero-order valence-corrected chi connectivity index (χ0v) is 12.4. The van der Waals surface area contributed by atoms with Crippen LogP contribution in [0.4, 0.5) is 4.39 Å². The molecule has 0 heterocycles. The molecular weight excluding hydrogens is 307 g/mol. The number of amides is 2. The van der Waals surface area contributed by atoms with Gasteiger partial charge in [-0.2, -0.15) is 0 Å². The van der Waals surface area contributed by atoms with E-state index in [4.69, 9.17) is 11.6 Å². The van der Waals surface area contributed by atoms with Gasteiger partial charge in [0.05, 0.1) is 6.54 Å². The van der Waals surface area contributed by atoms with Crippen LogP contribution >= 0.6 is 11.6 Å². The SMILES string of the molecule is O=C(CNC(=O)c1ccc(Cl)cc1)NCc1ccc(F)cc1. The molecule has 0 saturated heterocycles. The zero-order valence-electron chi connectivity index (χ0n) is 11.6. The Morgan fingerprint density at radius 3 is 2.23 bits per heavy atom. The van der Waals surface area contributed by atoms with Gasteiger partial charge in [0.2, 0.25) is 5.91 Å². The van der Waals surface area contributed by atoms with Crippen LogP contribution in [0.1, 0.15) is 15.9 Å². The van der Waals surface area contributed by atoms with E-state index < -0.39 is 0 Å². The van der Waals surface area contributed by atoms with Gasteiger partial charge >= 0.3 is 0 Å². The summed E-state index contributed by atoms with van der Waals surface area (Å²) in [5.74, 6) is -1.01. The molecule has 0 fully saturated rings. The number of benzene rings is 2. The van der Waals surface area contributed by atoms with Gasteiger partial charge in [0, 0.05) is 17.1 Å². The predicted octanol–water partition coefficient (Wildman–Crippen LogP) is 2.53. The molecule has 4 nitrogen and oxygen atoms in total. The number of carbonyl (C=O) groups excluding carboxylic acids is 2. The summed E-state index contributed by atoms with van der Waals surface area (Å²) in [6.45, 7) is 0.137. The summed E-state index contributed by atoms with van der Waals surface area (Å²) in [7, 11) is 0. The van der Waals surface area contributed by atoms with Gasteiger partial charge in [0.25, 0.3) is 5.91 Å². The van der Waals surface area contributed by atoms with Crippen molar-refractivity contribution < 1.29 is 14.0 Å². The molecule has 2 rings (SSSR count). The summed E-state index contributed by atoms with van der Waals surface area (Å²) >= 11 is 5.73. The number of rotatable bonds is 5. The lowest BCUT2D eigenvalue weighted by molar-refractivity contribution is -0.120. The quantitative estimate of drug-likeness (QED) is 0.889. The highest BCUT2D eigenvalue weighted by molar-refractivity contribution is 6.30. The molecule has 2 aromatic carbocycles. The Hall–Kier alpha value is -2.40. The molecule has 2 aromatic rings. The third-order valence-electron chi connectivity index (χ3n) is 2.92. The molecule has 0 aromatic heterocycles. The van der Waals surface area contributed by atoms with Crippen molar-refractivity contribution >= 4 is 23.4 Å². The highest BCUT2D eigenvalue weighted by Crippen LogP contribution is 2.09. The van der Waals surface area contributed by atoms with Crippen molar-refractivity contribution in [2.45, 2.75) is 6.54 Å². The molecule has 0 bridgehead atoms. The second-order valence-electron chi connectivity index (χ2n) is 4.59. The molecule has 0 aliphatic rings. The zero-order chi connectivity index (χ0) is 15.9. The van der Waals surface area contributed by atoms with Crippen molar-refractivity contribution in [3.05, 3.63) is 70.5 Å². The molecule has 0 radical (unpaired) electrons. The Morgan fingerprint density at radius 1 is 0.955 bits per heavy atom. The Kier molecular flexibility index (Phi) is 5.49. The largest absolute Gasteiger partial charge is 0.350 e. The fourth-order valence-corrected chi connectivity index (χ4v) is 1.86. The average molecular weight is 321 g/mol. The van der Waals surface area contributed by atoms with E-state index in [-0.39, 0.29) is 30.7 Å². The predicted molar refractivity (Wildman–Crippen MR) is 82.0 cm³/mol. The van der Waals surface area contributed by atoms with Crippen LogP contribution in [0.25, 0.3) is 0 Å². The van der Waals surface area contributed by atoms with Crippen LogP contribution in [0.2, 0.25) is 5.02 Å². The number of nitrogens with one attached hydrogen (secondary N) is 2. The van der Waals surface area contributed by atoms with E-state index in [1.807, 2.05) is 0 Å². The topological polar surface area (TPSA) is 58.2 Å². The Bertz CT molecular complexity index is 657. The van der Waals surface area contributed by atoms with Crippen LogP contribution in [0.3, 0.4) is 0 Å². The molecule has 22 heavy (non-hydrogen) atoms. The second-order valence-corrected chi connectivity index (χ2v) is 5.03. The third-order valence-corrected chi connectivity index (χ3v) is 3.17. The minimum atomic E-state index is -0.353.